The molecule has 26 heavy (non-hydrogen) atoms. The first-order valence-corrected chi connectivity index (χ1v) is 9.84. The molecule has 0 atom stereocenters. The number of aryl methyl sites for hydroxylation is 3. The first-order valence-electron chi connectivity index (χ1n) is 8.97. The third-order valence-corrected chi connectivity index (χ3v) is 5.61. The summed E-state index contributed by atoms with van der Waals surface area (Å²) in [6.07, 6.45) is 1.97. The van der Waals surface area contributed by atoms with Crippen molar-refractivity contribution in [3.05, 3.63) is 64.5 Å². The molecule has 0 saturated heterocycles. The molecule has 0 unspecified atom stereocenters. The van der Waals surface area contributed by atoms with E-state index in [1.165, 1.54) is 16.9 Å². The molecular weight excluding hydrogens is 340 g/mol. The average Bonchev–Trinajstić information content (AvgIpc) is 3.38. The average molecular weight is 362 g/mol. The minimum absolute atomic E-state index is 0.140. The lowest BCUT2D eigenvalue weighted by Gasteiger charge is -2.22. The summed E-state index contributed by atoms with van der Waals surface area (Å²) in [5.74, 6) is 0.310. The molecule has 1 saturated carbocycles. The van der Waals surface area contributed by atoms with E-state index in [0.29, 0.717) is 0 Å². The summed E-state index contributed by atoms with van der Waals surface area (Å²) in [6.45, 7) is 6.19. The van der Waals surface area contributed by atoms with Crippen LogP contribution in [0.15, 0.2) is 47.8 Å². The van der Waals surface area contributed by atoms with Crippen LogP contribution in [0.25, 0.3) is 11.3 Å². The van der Waals surface area contributed by atoms with Crippen molar-refractivity contribution in [1.82, 2.24) is 4.98 Å². The number of nitrogens with zero attached hydrogens (tertiary/aromatic N) is 2. The Bertz CT molecular complexity index is 955. The van der Waals surface area contributed by atoms with Gasteiger partial charge < -0.3 is 0 Å². The van der Waals surface area contributed by atoms with Gasteiger partial charge in [0.05, 0.1) is 11.4 Å². The Labute approximate surface area is 158 Å². The zero-order valence-corrected chi connectivity index (χ0v) is 16.1. The van der Waals surface area contributed by atoms with Gasteiger partial charge in [0.2, 0.25) is 5.91 Å². The second-order valence-electron chi connectivity index (χ2n) is 7.12. The fraction of sp³-hybridized carbons (Fsp3) is 0.273. The zero-order valence-electron chi connectivity index (χ0n) is 15.3. The molecule has 0 radical (unpaired) electrons. The van der Waals surface area contributed by atoms with Crippen LogP contribution in [0.3, 0.4) is 0 Å². The molecule has 0 N–H and O–H groups in total. The van der Waals surface area contributed by atoms with Crippen molar-refractivity contribution in [2.45, 2.75) is 33.6 Å². The monoisotopic (exact) mass is 362 g/mol. The SMILES string of the molecule is Cc1ccc(-c2csc(N(C(=O)C3CC3)c3cc(C)ccc3C)n2)cc1. The van der Waals surface area contributed by atoms with Gasteiger partial charge in [0.25, 0.3) is 0 Å². The minimum Gasteiger partial charge on any atom is -0.274 e. The Hall–Kier alpha value is -2.46. The topological polar surface area (TPSA) is 33.2 Å². The highest BCUT2D eigenvalue weighted by Gasteiger charge is 2.36. The van der Waals surface area contributed by atoms with E-state index in [9.17, 15) is 4.79 Å². The number of benzene rings is 2. The van der Waals surface area contributed by atoms with Crippen LogP contribution in [0.1, 0.15) is 29.5 Å². The van der Waals surface area contributed by atoms with Crippen LogP contribution in [0, 0.1) is 26.7 Å². The van der Waals surface area contributed by atoms with Crippen molar-refractivity contribution in [2.75, 3.05) is 4.90 Å². The van der Waals surface area contributed by atoms with Crippen molar-refractivity contribution in [3.63, 3.8) is 0 Å². The van der Waals surface area contributed by atoms with Crippen LogP contribution < -0.4 is 4.90 Å². The second-order valence-corrected chi connectivity index (χ2v) is 7.96. The maximum atomic E-state index is 13.1. The van der Waals surface area contributed by atoms with Crippen LogP contribution in [0.2, 0.25) is 0 Å². The van der Waals surface area contributed by atoms with Gasteiger partial charge in [0.1, 0.15) is 0 Å². The number of hydrogen-bond acceptors (Lipinski definition) is 3. The molecule has 1 aliphatic rings. The van der Waals surface area contributed by atoms with Crippen molar-refractivity contribution in [2.24, 2.45) is 5.92 Å². The summed E-state index contributed by atoms with van der Waals surface area (Å²) < 4.78 is 0. The number of thiazole rings is 1. The van der Waals surface area contributed by atoms with Gasteiger partial charge >= 0.3 is 0 Å². The Morgan fingerprint density at radius 3 is 2.42 bits per heavy atom. The van der Waals surface area contributed by atoms with Gasteiger partial charge in [-0.15, -0.1) is 11.3 Å². The predicted octanol–water partition coefficient (Wildman–Crippen LogP) is 5.81. The van der Waals surface area contributed by atoms with Crippen LogP contribution >= 0.6 is 11.3 Å². The Balaban J connectivity index is 1.76. The smallest absolute Gasteiger partial charge is 0.236 e. The van der Waals surface area contributed by atoms with E-state index >= 15 is 0 Å². The lowest BCUT2D eigenvalue weighted by atomic mass is 10.1. The van der Waals surface area contributed by atoms with Crippen molar-refractivity contribution >= 4 is 28.1 Å². The number of carbonyl (C=O) groups is 1. The number of aromatic nitrogens is 1. The Morgan fingerprint density at radius 1 is 1.04 bits per heavy atom. The van der Waals surface area contributed by atoms with E-state index in [0.717, 1.165) is 46.0 Å². The summed E-state index contributed by atoms with van der Waals surface area (Å²) in [5.41, 5.74) is 6.42. The predicted molar refractivity (Wildman–Crippen MR) is 108 cm³/mol. The molecule has 2 aromatic carbocycles. The Morgan fingerprint density at radius 2 is 1.73 bits per heavy atom. The third kappa shape index (κ3) is 3.29. The first-order chi connectivity index (χ1) is 12.5. The van der Waals surface area contributed by atoms with Gasteiger partial charge in [-0.1, -0.05) is 42.0 Å². The summed E-state index contributed by atoms with van der Waals surface area (Å²) in [7, 11) is 0. The number of carbonyl (C=O) groups excluding carboxylic acids is 1. The highest BCUT2D eigenvalue weighted by atomic mass is 32.1. The van der Waals surface area contributed by atoms with Gasteiger partial charge in [-0.05, 0) is 50.8 Å². The fourth-order valence-corrected chi connectivity index (χ4v) is 3.86. The highest BCUT2D eigenvalue weighted by Crippen LogP contribution is 2.40. The normalized spacial score (nSPS) is 13.7. The van der Waals surface area contributed by atoms with Crippen LogP contribution in [0.4, 0.5) is 10.8 Å². The Kier molecular flexibility index (Phi) is 4.37. The van der Waals surface area contributed by atoms with Crippen molar-refractivity contribution < 1.29 is 4.79 Å². The molecule has 1 aliphatic carbocycles. The van der Waals surface area contributed by atoms with E-state index in [2.05, 4.69) is 63.2 Å². The van der Waals surface area contributed by atoms with Crippen LogP contribution in [0.5, 0.6) is 0 Å². The van der Waals surface area contributed by atoms with Gasteiger partial charge in [-0.25, -0.2) is 4.98 Å². The molecule has 0 aliphatic heterocycles. The molecule has 3 aromatic rings. The lowest BCUT2D eigenvalue weighted by molar-refractivity contribution is -0.119. The standard InChI is InChI=1S/C22H22N2OS/c1-14-5-8-17(9-6-14)19-13-26-22(23-19)24(21(25)18-10-11-18)20-12-15(2)4-7-16(20)3/h4-9,12-13,18H,10-11H2,1-3H3. The molecule has 4 heteroatoms. The summed E-state index contributed by atoms with van der Waals surface area (Å²) >= 11 is 1.53. The van der Waals surface area contributed by atoms with Crippen LogP contribution in [-0.4, -0.2) is 10.9 Å². The summed E-state index contributed by atoms with van der Waals surface area (Å²) in [5, 5.41) is 2.80. The molecule has 1 aromatic heterocycles. The highest BCUT2D eigenvalue weighted by molar-refractivity contribution is 7.14. The molecule has 4 rings (SSSR count). The van der Waals surface area contributed by atoms with Gasteiger partial charge in [-0.2, -0.15) is 0 Å². The maximum absolute atomic E-state index is 13.1. The maximum Gasteiger partial charge on any atom is 0.236 e. The largest absolute Gasteiger partial charge is 0.274 e. The molecule has 3 nitrogen and oxygen atoms in total. The van der Waals surface area contributed by atoms with Crippen molar-refractivity contribution in [1.29, 1.82) is 0 Å². The zero-order chi connectivity index (χ0) is 18.3. The number of amides is 1. The molecular formula is C22H22N2OS. The van der Waals surface area contributed by atoms with Crippen molar-refractivity contribution in [3.8, 4) is 11.3 Å². The van der Waals surface area contributed by atoms with Gasteiger partial charge in [-0.3, -0.25) is 9.69 Å². The molecule has 1 heterocycles. The summed E-state index contributed by atoms with van der Waals surface area (Å²) in [6, 6.07) is 14.6. The third-order valence-electron chi connectivity index (χ3n) is 4.78. The lowest BCUT2D eigenvalue weighted by Crippen LogP contribution is -2.28. The molecule has 0 bridgehead atoms. The number of rotatable bonds is 4. The van der Waals surface area contributed by atoms with E-state index < -0.39 is 0 Å². The van der Waals surface area contributed by atoms with E-state index in [4.69, 9.17) is 4.98 Å². The number of anilines is 2. The van der Waals surface area contributed by atoms with E-state index in [1.807, 2.05) is 10.3 Å². The molecule has 132 valence electrons. The van der Waals surface area contributed by atoms with E-state index in [1.54, 1.807) is 0 Å². The molecule has 1 fully saturated rings. The van der Waals surface area contributed by atoms with Crippen LogP contribution in [-0.2, 0) is 4.79 Å². The fourth-order valence-electron chi connectivity index (χ4n) is 3.01. The number of hydrogen-bond donors (Lipinski definition) is 0. The molecule has 1 amide bonds. The summed E-state index contributed by atoms with van der Waals surface area (Å²) in [4.78, 5) is 19.7. The van der Waals surface area contributed by atoms with E-state index in [-0.39, 0.29) is 11.8 Å². The van der Waals surface area contributed by atoms with Gasteiger partial charge in [0, 0.05) is 16.9 Å². The second kappa shape index (κ2) is 6.69. The minimum atomic E-state index is 0.140. The first kappa shape index (κ1) is 17.0. The quantitative estimate of drug-likeness (QED) is 0.587. The van der Waals surface area contributed by atoms with Gasteiger partial charge in [0.15, 0.2) is 5.13 Å². The molecule has 0 spiro atoms.